The van der Waals surface area contributed by atoms with Crippen molar-refractivity contribution in [2.45, 2.75) is 37.8 Å². The molecule has 1 aliphatic heterocycles. The molecule has 0 bridgehead atoms. The van der Waals surface area contributed by atoms with Gasteiger partial charge in [0, 0.05) is 36.4 Å². The topological polar surface area (TPSA) is 60.9 Å². The van der Waals surface area contributed by atoms with Crippen LogP contribution >= 0.6 is 11.3 Å². The normalized spacial score (nSPS) is 23.6. The van der Waals surface area contributed by atoms with Gasteiger partial charge in [0.25, 0.3) is 0 Å². The predicted octanol–water partition coefficient (Wildman–Crippen LogP) is 3.56. The van der Waals surface area contributed by atoms with Crippen molar-refractivity contribution in [3.05, 3.63) is 39.8 Å². The second kappa shape index (κ2) is 7.37. The fourth-order valence-electron chi connectivity index (χ4n) is 4.10. The number of rotatable bonds is 6. The van der Waals surface area contributed by atoms with Crippen molar-refractivity contribution in [3.63, 3.8) is 0 Å². The lowest BCUT2D eigenvalue weighted by atomic mass is 9.87. The van der Waals surface area contributed by atoms with Gasteiger partial charge >= 0.3 is 0 Å². The number of fused-ring (bicyclic) bond motifs is 2. The molecule has 1 aliphatic carbocycles. The Labute approximate surface area is 169 Å². The lowest BCUT2D eigenvalue weighted by Gasteiger charge is -2.28. The molecule has 3 atom stereocenters. The third-order valence-corrected chi connectivity index (χ3v) is 7.00. The highest BCUT2D eigenvalue weighted by Gasteiger charge is 2.61. The van der Waals surface area contributed by atoms with Gasteiger partial charge in [0.2, 0.25) is 5.91 Å². The van der Waals surface area contributed by atoms with Crippen molar-refractivity contribution in [2.24, 2.45) is 5.92 Å². The van der Waals surface area contributed by atoms with E-state index in [4.69, 9.17) is 14.2 Å². The van der Waals surface area contributed by atoms with Crippen LogP contribution in [0.15, 0.2) is 23.6 Å². The summed E-state index contributed by atoms with van der Waals surface area (Å²) in [5.41, 5.74) is 1.89. The van der Waals surface area contributed by atoms with E-state index in [1.165, 1.54) is 0 Å². The van der Waals surface area contributed by atoms with Gasteiger partial charge in [-0.2, -0.15) is 0 Å². The quantitative estimate of drug-likeness (QED) is 0.739. The van der Waals surface area contributed by atoms with Crippen molar-refractivity contribution in [3.8, 4) is 11.5 Å². The molecule has 0 radical (unpaired) electrons. The molecular weight excluding hydrogens is 376 g/mol. The number of carbonyl (C=O) groups excluding carboxylic acids is 1. The number of aromatic nitrogens is 1. The highest BCUT2D eigenvalue weighted by molar-refractivity contribution is 7.09. The summed E-state index contributed by atoms with van der Waals surface area (Å²) in [6.45, 7) is 3.14. The Morgan fingerprint density at radius 3 is 3.04 bits per heavy atom. The maximum Gasteiger partial charge on any atom is 0.226 e. The summed E-state index contributed by atoms with van der Waals surface area (Å²) in [6.07, 6.45) is 1.70. The van der Waals surface area contributed by atoms with E-state index in [0.717, 1.165) is 40.6 Å². The lowest BCUT2D eigenvalue weighted by molar-refractivity contribution is -0.132. The Morgan fingerprint density at radius 2 is 2.29 bits per heavy atom. The fourth-order valence-corrected chi connectivity index (χ4v) is 4.94. The molecular formula is C21H26N2O4S. The zero-order chi connectivity index (χ0) is 19.9. The summed E-state index contributed by atoms with van der Waals surface area (Å²) in [7, 11) is 5.20. The Morgan fingerprint density at radius 1 is 1.46 bits per heavy atom. The monoisotopic (exact) mass is 402 g/mol. The van der Waals surface area contributed by atoms with Crippen LogP contribution in [0, 0.1) is 5.92 Å². The van der Waals surface area contributed by atoms with Gasteiger partial charge in [0.05, 0.1) is 26.0 Å². The average Bonchev–Trinajstić information content (AvgIpc) is 3.23. The molecule has 0 saturated heterocycles. The summed E-state index contributed by atoms with van der Waals surface area (Å²) in [4.78, 5) is 19.6. The average molecular weight is 403 g/mol. The maximum atomic E-state index is 13.1. The first kappa shape index (κ1) is 19.2. The Balaban J connectivity index is 1.48. The molecule has 4 rings (SSSR count). The van der Waals surface area contributed by atoms with Crippen molar-refractivity contribution in [1.29, 1.82) is 0 Å². The van der Waals surface area contributed by atoms with Crippen LogP contribution in [-0.2, 0) is 21.5 Å². The van der Waals surface area contributed by atoms with E-state index in [0.29, 0.717) is 13.2 Å². The first-order valence-electron chi connectivity index (χ1n) is 9.52. The number of carbonyl (C=O) groups is 1. The largest absolute Gasteiger partial charge is 0.497 e. The highest BCUT2D eigenvalue weighted by Crippen LogP contribution is 2.61. The number of amides is 1. The molecule has 1 aromatic carbocycles. The molecule has 0 unspecified atom stereocenters. The minimum atomic E-state index is -0.120. The predicted molar refractivity (Wildman–Crippen MR) is 107 cm³/mol. The van der Waals surface area contributed by atoms with Gasteiger partial charge in [0.15, 0.2) is 0 Å². The van der Waals surface area contributed by atoms with Gasteiger partial charge in [-0.05, 0) is 38.0 Å². The number of ether oxygens (including phenoxy) is 3. The number of hydrogen-bond acceptors (Lipinski definition) is 6. The Hall–Kier alpha value is -2.12. The van der Waals surface area contributed by atoms with Crippen LogP contribution in [0.4, 0.5) is 0 Å². The summed E-state index contributed by atoms with van der Waals surface area (Å²) in [6, 6.07) is 5.89. The molecule has 1 amide bonds. The van der Waals surface area contributed by atoms with E-state index in [9.17, 15) is 4.79 Å². The maximum absolute atomic E-state index is 13.1. The summed E-state index contributed by atoms with van der Waals surface area (Å²) in [5, 5.41) is 2.94. The first-order valence-corrected chi connectivity index (χ1v) is 10.4. The standard InChI is InChI=1S/C21H26N2O4S/c1-13(25-3)19-22-14(12-28-19)11-23(2)20(24)17-10-21(17)7-8-27-18-6-5-15(26-4)9-16(18)21/h5-6,9,12-13,17H,7-8,10-11H2,1-4H3/t13-,17+,21+/m0/s1. The minimum absolute atomic E-state index is 0.0109. The molecule has 1 spiro atoms. The number of nitrogens with zero attached hydrogens (tertiary/aromatic N) is 2. The van der Waals surface area contributed by atoms with Crippen LogP contribution in [0.3, 0.4) is 0 Å². The molecule has 1 saturated carbocycles. The number of methoxy groups -OCH3 is 2. The number of thiazole rings is 1. The van der Waals surface area contributed by atoms with E-state index in [-0.39, 0.29) is 23.3 Å². The van der Waals surface area contributed by atoms with Gasteiger partial charge < -0.3 is 19.1 Å². The molecule has 28 heavy (non-hydrogen) atoms. The summed E-state index contributed by atoms with van der Waals surface area (Å²) in [5.74, 6) is 1.84. The second-order valence-electron chi connectivity index (χ2n) is 7.62. The summed E-state index contributed by atoms with van der Waals surface area (Å²) < 4.78 is 16.5. The van der Waals surface area contributed by atoms with Crippen molar-refractivity contribution in [1.82, 2.24) is 9.88 Å². The van der Waals surface area contributed by atoms with Gasteiger partial charge in [-0.15, -0.1) is 11.3 Å². The molecule has 2 aliphatic rings. The fraction of sp³-hybridized carbons (Fsp3) is 0.524. The van der Waals surface area contributed by atoms with Crippen LogP contribution in [-0.4, -0.2) is 43.7 Å². The SMILES string of the molecule is COc1ccc2c(c1)[C@@]1(CCO2)C[C@@H]1C(=O)N(C)Cc1csc([C@H](C)OC)n1. The van der Waals surface area contributed by atoms with Gasteiger partial charge in [-0.1, -0.05) is 0 Å². The lowest BCUT2D eigenvalue weighted by Crippen LogP contribution is -2.32. The van der Waals surface area contributed by atoms with E-state index in [1.54, 1.807) is 30.5 Å². The second-order valence-corrected chi connectivity index (χ2v) is 8.51. The van der Waals surface area contributed by atoms with Gasteiger partial charge in [-0.3, -0.25) is 4.79 Å². The van der Waals surface area contributed by atoms with Gasteiger partial charge in [-0.25, -0.2) is 4.98 Å². The van der Waals surface area contributed by atoms with Crippen LogP contribution < -0.4 is 9.47 Å². The molecule has 6 nitrogen and oxygen atoms in total. The van der Waals surface area contributed by atoms with Crippen molar-refractivity contribution < 1.29 is 19.0 Å². The van der Waals surface area contributed by atoms with E-state index < -0.39 is 0 Å². The van der Waals surface area contributed by atoms with Crippen LogP contribution in [0.2, 0.25) is 0 Å². The Kier molecular flexibility index (Phi) is 5.05. The molecule has 1 fully saturated rings. The summed E-state index contributed by atoms with van der Waals surface area (Å²) >= 11 is 1.57. The third kappa shape index (κ3) is 3.26. The van der Waals surface area contributed by atoms with Crippen LogP contribution in [0.1, 0.15) is 42.1 Å². The van der Waals surface area contributed by atoms with E-state index in [1.807, 2.05) is 37.6 Å². The van der Waals surface area contributed by atoms with Crippen LogP contribution in [0.25, 0.3) is 0 Å². The van der Waals surface area contributed by atoms with Crippen LogP contribution in [0.5, 0.6) is 11.5 Å². The molecule has 1 aromatic heterocycles. The zero-order valence-corrected chi connectivity index (χ0v) is 17.5. The minimum Gasteiger partial charge on any atom is -0.497 e. The van der Waals surface area contributed by atoms with Crippen molar-refractivity contribution >= 4 is 17.2 Å². The Bertz CT molecular complexity index is 883. The highest BCUT2D eigenvalue weighted by atomic mass is 32.1. The molecule has 7 heteroatoms. The number of benzene rings is 1. The third-order valence-electron chi connectivity index (χ3n) is 5.95. The molecule has 150 valence electrons. The zero-order valence-electron chi connectivity index (χ0n) is 16.7. The van der Waals surface area contributed by atoms with Gasteiger partial charge in [0.1, 0.15) is 22.6 Å². The van der Waals surface area contributed by atoms with E-state index >= 15 is 0 Å². The molecule has 0 N–H and O–H groups in total. The number of hydrogen-bond donors (Lipinski definition) is 0. The molecule has 2 heterocycles. The van der Waals surface area contributed by atoms with E-state index in [2.05, 4.69) is 4.98 Å². The smallest absolute Gasteiger partial charge is 0.226 e. The van der Waals surface area contributed by atoms with Crippen molar-refractivity contribution in [2.75, 3.05) is 27.9 Å². The first-order chi connectivity index (χ1) is 13.5. The molecule has 2 aromatic rings.